The number of rotatable bonds is 6. The third-order valence-electron chi connectivity index (χ3n) is 14.6. The first-order valence-electron chi connectivity index (χ1n) is 30.7. The van der Waals surface area contributed by atoms with Crippen molar-refractivity contribution in [1.29, 1.82) is 0 Å². The number of aromatic nitrogens is 4. The minimum absolute atomic E-state index is 0.0274. The molecule has 0 bridgehead atoms. The third-order valence-corrected chi connectivity index (χ3v) is 14.6. The summed E-state index contributed by atoms with van der Waals surface area (Å²) in [5.41, 5.74) is 10.4. The molecule has 4 heterocycles. The zero-order valence-electron chi connectivity index (χ0n) is 53.4. The molecule has 0 spiro atoms. The molecule has 0 saturated carbocycles. The van der Waals surface area contributed by atoms with Crippen LogP contribution in [0.3, 0.4) is 0 Å². The molecule has 0 atom stereocenters. The first kappa shape index (κ1) is 35.4. The van der Waals surface area contributed by atoms with Gasteiger partial charge < -0.3 is 4.74 Å². The van der Waals surface area contributed by atoms with E-state index in [4.69, 9.17) is 22.1 Å². The molecule has 0 fully saturated rings. The Labute approximate surface area is 455 Å². The molecule has 12 aromatic rings. The molecule has 0 N–H and O–H groups in total. The predicted octanol–water partition coefficient (Wildman–Crippen LogP) is 17.9. The number of hydrogen-bond donors (Lipinski definition) is 0. The molecule has 0 unspecified atom stereocenters. The van der Waals surface area contributed by atoms with Crippen LogP contribution in [0.2, 0.25) is 0 Å². The van der Waals surface area contributed by atoms with Crippen LogP contribution in [0.25, 0.3) is 106 Å². The summed E-state index contributed by atoms with van der Waals surface area (Å²) in [7, 11) is 0. The highest BCUT2D eigenvalue weighted by Gasteiger charge is 2.31. The second-order valence-corrected chi connectivity index (χ2v) is 21.4. The van der Waals surface area contributed by atoms with E-state index in [-0.39, 0.29) is 39.8 Å². The van der Waals surface area contributed by atoms with E-state index in [1.54, 1.807) is 6.07 Å². The number of pyridine rings is 1. The summed E-state index contributed by atoms with van der Waals surface area (Å²) in [6.45, 7) is 7.47. The van der Waals surface area contributed by atoms with Gasteiger partial charge in [-0.05, 0) is 157 Å². The van der Waals surface area contributed by atoms with Crippen molar-refractivity contribution in [3.8, 4) is 84.3 Å². The van der Waals surface area contributed by atoms with Gasteiger partial charge in [0.25, 0.3) is 6.33 Å². The molecule has 13 rings (SSSR count). The normalized spacial score (nSPS) is 14.7. The summed E-state index contributed by atoms with van der Waals surface area (Å²) >= 11 is 0. The van der Waals surface area contributed by atoms with Gasteiger partial charge in [-0.2, -0.15) is 0 Å². The lowest BCUT2D eigenvalue weighted by Crippen LogP contribution is -2.35. The average molecular weight is 982 g/mol. The number of para-hydroxylation sites is 2. The fourth-order valence-electron chi connectivity index (χ4n) is 11.1. The Kier molecular flexibility index (Phi) is 8.22. The average Bonchev–Trinajstić information content (AvgIpc) is 1.54. The molecule has 5 heteroatoms. The van der Waals surface area contributed by atoms with Crippen molar-refractivity contribution in [3.05, 3.63) is 235 Å². The van der Waals surface area contributed by atoms with Crippen molar-refractivity contribution in [2.75, 3.05) is 0 Å². The molecule has 3 aromatic heterocycles. The zero-order valence-corrected chi connectivity index (χ0v) is 42.4. The minimum atomic E-state index is -2.74. The molecule has 0 amide bonds. The Morgan fingerprint density at radius 3 is 2.03 bits per heavy atom. The van der Waals surface area contributed by atoms with Gasteiger partial charge in [0.15, 0.2) is 0 Å². The van der Waals surface area contributed by atoms with Crippen LogP contribution in [0.1, 0.15) is 78.9 Å². The van der Waals surface area contributed by atoms with E-state index in [1.807, 2.05) is 125 Å². The summed E-state index contributed by atoms with van der Waals surface area (Å²) in [5, 5.41) is 2.11. The van der Waals surface area contributed by atoms with Crippen LogP contribution in [-0.4, -0.2) is 14.1 Å². The molecular weight excluding hydrogens is 913 g/mol. The van der Waals surface area contributed by atoms with Crippen LogP contribution >= 0.6 is 0 Å². The highest BCUT2D eigenvalue weighted by atomic mass is 16.5. The van der Waals surface area contributed by atoms with Crippen molar-refractivity contribution < 1.29 is 24.4 Å². The van der Waals surface area contributed by atoms with Gasteiger partial charge in [-0.3, -0.25) is 13.7 Å². The van der Waals surface area contributed by atoms with Crippen LogP contribution in [0.4, 0.5) is 0 Å². The van der Waals surface area contributed by atoms with E-state index in [2.05, 4.69) is 88.8 Å². The summed E-state index contributed by atoms with van der Waals surface area (Å²) in [6.07, 6.45) is 5.67. The van der Waals surface area contributed by atoms with Crippen LogP contribution in [-0.2, 0) is 10.8 Å². The lowest BCUT2D eigenvalue weighted by Gasteiger charge is -2.26. The standard InChI is InChI=1S/C70H58N4O/c1-44-20-16-21-45(2)65(44)47-38-59-53-26-12-13-28-56(53)66-52(46-22-10-9-11-23-46)29-18-30-57(66)58-31-19-32-60(70(6,7)8)67(58)73-43-72(63(39-47)68(59)73)49-24-17-25-50(41-49)75-51-34-35-55-54-27-14-15-33-61(54)74(62(55)42-51)64-40-48(36-37-71-64)69(3,4)5/h9-42H,1-8H3/i1D3,2D3,9D,10D,11D,22D,23D. The van der Waals surface area contributed by atoms with E-state index < -0.39 is 37.2 Å². The molecule has 364 valence electrons. The number of nitrogens with zero attached hydrogens (tertiary/aromatic N) is 4. The smallest absolute Gasteiger partial charge is 0.269 e. The molecule has 1 aliphatic heterocycles. The second kappa shape index (κ2) is 17.4. The van der Waals surface area contributed by atoms with E-state index in [0.29, 0.717) is 67.2 Å². The maximum absolute atomic E-state index is 9.33. The molecule has 5 nitrogen and oxygen atoms in total. The highest BCUT2D eigenvalue weighted by Crippen LogP contribution is 2.49. The second-order valence-electron chi connectivity index (χ2n) is 21.4. The summed E-state index contributed by atoms with van der Waals surface area (Å²) in [6, 6.07) is 51.5. The van der Waals surface area contributed by atoms with Gasteiger partial charge in [0.2, 0.25) is 0 Å². The molecule has 0 saturated heterocycles. The van der Waals surface area contributed by atoms with Gasteiger partial charge >= 0.3 is 0 Å². The fraction of sp³-hybridized carbons (Fsp3) is 0.143. The van der Waals surface area contributed by atoms with Crippen molar-refractivity contribution in [3.63, 3.8) is 0 Å². The molecule has 0 aliphatic carbocycles. The number of hydrogen-bond acceptors (Lipinski definition) is 2. The Hall–Kier alpha value is -8.80. The number of ether oxygens (including phenoxy) is 1. The van der Waals surface area contributed by atoms with Crippen LogP contribution in [0, 0.1) is 20.0 Å². The predicted molar refractivity (Wildman–Crippen MR) is 310 cm³/mol. The lowest BCUT2D eigenvalue weighted by molar-refractivity contribution is -0.572. The zero-order chi connectivity index (χ0) is 60.7. The van der Waals surface area contributed by atoms with Gasteiger partial charge in [-0.25, -0.2) is 4.98 Å². The summed E-state index contributed by atoms with van der Waals surface area (Å²) in [4.78, 5) is 4.89. The number of aryl methyl sites for hydroxylation is 2. The molecule has 9 aromatic carbocycles. The monoisotopic (exact) mass is 982 g/mol. The maximum Gasteiger partial charge on any atom is 0.269 e. The first-order chi connectivity index (χ1) is 40.8. The van der Waals surface area contributed by atoms with Gasteiger partial charge in [0, 0.05) is 31.3 Å². The Morgan fingerprint density at radius 1 is 0.533 bits per heavy atom. The van der Waals surface area contributed by atoms with Crippen molar-refractivity contribution in [2.24, 2.45) is 0 Å². The summed E-state index contributed by atoms with van der Waals surface area (Å²) < 4.78 is 111. The van der Waals surface area contributed by atoms with Gasteiger partial charge in [-0.1, -0.05) is 181 Å². The summed E-state index contributed by atoms with van der Waals surface area (Å²) in [5.74, 6) is 1.87. The minimum Gasteiger partial charge on any atom is -0.458 e. The van der Waals surface area contributed by atoms with Crippen molar-refractivity contribution >= 4 is 32.8 Å². The van der Waals surface area contributed by atoms with E-state index in [0.717, 1.165) is 50.0 Å². The molecule has 0 radical (unpaired) electrons. The van der Waals surface area contributed by atoms with Crippen molar-refractivity contribution in [1.82, 2.24) is 14.1 Å². The van der Waals surface area contributed by atoms with Crippen LogP contribution in [0.5, 0.6) is 11.5 Å². The number of imidazole rings is 1. The fourth-order valence-corrected chi connectivity index (χ4v) is 11.1. The van der Waals surface area contributed by atoms with Gasteiger partial charge in [0.1, 0.15) is 17.3 Å². The lowest BCUT2D eigenvalue weighted by atomic mass is 9.81. The Morgan fingerprint density at radius 2 is 1.23 bits per heavy atom. The number of fused-ring (bicyclic) bond motifs is 10. The first-order valence-corrected chi connectivity index (χ1v) is 25.2. The van der Waals surface area contributed by atoms with Gasteiger partial charge in [0.05, 0.1) is 40.3 Å². The molecule has 1 aliphatic rings. The van der Waals surface area contributed by atoms with Crippen LogP contribution in [0.15, 0.2) is 206 Å². The highest BCUT2D eigenvalue weighted by molar-refractivity contribution is 6.10. The van der Waals surface area contributed by atoms with E-state index >= 15 is 0 Å². The topological polar surface area (TPSA) is 35.9 Å². The number of benzene rings is 9. The SMILES string of the molecule is [2H]c1c([2H])c([2H])c(-c2cccc3c2-c2ccccc2-c2cc(-c4c(C([2H])([2H])[2H])cccc4C([2H])([2H])[2H])cc4c2[n+]([c-]n4-c2cccc(Oc4ccc5c6ccccc6n(-c6cc(C(C)(C)C)ccn6)c5c4)c2)-c2c-3cccc2C(C)(C)C)c([2H])c1[2H]. The Bertz CT molecular complexity index is 4740. The molecule has 75 heavy (non-hydrogen) atoms. The molecular formula is C70H58N4O. The largest absolute Gasteiger partial charge is 0.458 e. The van der Waals surface area contributed by atoms with Crippen LogP contribution < -0.4 is 9.30 Å². The third kappa shape index (κ3) is 7.68. The van der Waals surface area contributed by atoms with Gasteiger partial charge in [-0.15, -0.1) is 0 Å². The quantitative estimate of drug-likeness (QED) is 0.123. The van der Waals surface area contributed by atoms with E-state index in [9.17, 15) is 2.74 Å². The van der Waals surface area contributed by atoms with E-state index in [1.165, 1.54) is 18.2 Å². The Balaban J connectivity index is 1.11. The van der Waals surface area contributed by atoms with Crippen molar-refractivity contribution in [2.45, 2.75) is 66.1 Å². The maximum atomic E-state index is 9.33.